The summed E-state index contributed by atoms with van der Waals surface area (Å²) >= 11 is 3.46. The lowest BCUT2D eigenvalue weighted by Gasteiger charge is -2.03. The molecule has 1 N–H and O–H groups in total. The SMILES string of the molecule is Oc1ccc2cnc(Cc3cccc(Br)c3)n2c1. The third-order valence-corrected chi connectivity index (χ3v) is 3.33. The Morgan fingerprint density at radius 1 is 1.22 bits per heavy atom. The van der Waals surface area contributed by atoms with E-state index in [1.165, 1.54) is 5.56 Å². The van der Waals surface area contributed by atoms with Gasteiger partial charge in [0.15, 0.2) is 0 Å². The first-order chi connectivity index (χ1) is 8.72. The molecule has 2 aromatic heterocycles. The Hall–Kier alpha value is -1.81. The molecular weight excluding hydrogens is 292 g/mol. The Balaban J connectivity index is 2.02. The fraction of sp³-hybridized carbons (Fsp3) is 0.0714. The Morgan fingerprint density at radius 2 is 2.11 bits per heavy atom. The molecule has 0 saturated carbocycles. The van der Waals surface area contributed by atoms with Gasteiger partial charge in [0.2, 0.25) is 0 Å². The van der Waals surface area contributed by atoms with E-state index in [0.29, 0.717) is 0 Å². The van der Waals surface area contributed by atoms with Gasteiger partial charge in [0.05, 0.1) is 17.9 Å². The molecule has 2 heterocycles. The molecule has 0 saturated heterocycles. The molecule has 0 radical (unpaired) electrons. The van der Waals surface area contributed by atoms with Gasteiger partial charge in [-0.3, -0.25) is 4.40 Å². The normalized spacial score (nSPS) is 10.9. The van der Waals surface area contributed by atoms with E-state index < -0.39 is 0 Å². The van der Waals surface area contributed by atoms with E-state index in [4.69, 9.17) is 0 Å². The Morgan fingerprint density at radius 3 is 2.94 bits per heavy atom. The highest BCUT2D eigenvalue weighted by Crippen LogP contribution is 2.18. The molecule has 0 bridgehead atoms. The molecule has 18 heavy (non-hydrogen) atoms. The third-order valence-electron chi connectivity index (χ3n) is 2.84. The van der Waals surface area contributed by atoms with Gasteiger partial charge in [-0.2, -0.15) is 0 Å². The maximum Gasteiger partial charge on any atom is 0.132 e. The van der Waals surface area contributed by atoms with Crippen LogP contribution in [-0.2, 0) is 6.42 Å². The molecule has 3 nitrogen and oxygen atoms in total. The van der Waals surface area contributed by atoms with Gasteiger partial charge in [0, 0.05) is 10.9 Å². The summed E-state index contributed by atoms with van der Waals surface area (Å²) in [5, 5.41) is 9.53. The van der Waals surface area contributed by atoms with Crippen molar-refractivity contribution >= 4 is 21.4 Å². The van der Waals surface area contributed by atoms with E-state index in [2.05, 4.69) is 33.0 Å². The summed E-state index contributed by atoms with van der Waals surface area (Å²) in [6.07, 6.45) is 4.24. The number of fused-ring (bicyclic) bond motifs is 1. The molecule has 4 heteroatoms. The molecule has 90 valence electrons. The highest BCUT2D eigenvalue weighted by Gasteiger charge is 2.05. The van der Waals surface area contributed by atoms with Crippen LogP contribution >= 0.6 is 15.9 Å². The van der Waals surface area contributed by atoms with Gasteiger partial charge in [-0.25, -0.2) is 4.98 Å². The molecule has 0 aliphatic heterocycles. The van der Waals surface area contributed by atoms with Crippen molar-refractivity contribution in [3.63, 3.8) is 0 Å². The predicted molar refractivity (Wildman–Crippen MR) is 73.8 cm³/mol. The Labute approximate surface area is 113 Å². The first-order valence-corrected chi connectivity index (χ1v) is 6.41. The smallest absolute Gasteiger partial charge is 0.132 e. The molecule has 0 atom stereocenters. The highest BCUT2D eigenvalue weighted by atomic mass is 79.9. The third kappa shape index (κ3) is 2.11. The Bertz CT molecular complexity index is 706. The number of benzene rings is 1. The monoisotopic (exact) mass is 302 g/mol. The number of pyridine rings is 1. The zero-order chi connectivity index (χ0) is 12.5. The van der Waals surface area contributed by atoms with Crippen molar-refractivity contribution in [1.82, 2.24) is 9.38 Å². The average Bonchev–Trinajstić information content (AvgIpc) is 2.72. The maximum atomic E-state index is 9.53. The standard InChI is InChI=1S/C14H11BrN2O/c15-11-3-1-2-10(6-11)7-14-16-8-12-4-5-13(18)9-17(12)14/h1-6,8-9,18H,7H2. The fourth-order valence-electron chi connectivity index (χ4n) is 1.99. The zero-order valence-electron chi connectivity index (χ0n) is 9.55. The summed E-state index contributed by atoms with van der Waals surface area (Å²) < 4.78 is 2.97. The van der Waals surface area contributed by atoms with Gasteiger partial charge in [0.1, 0.15) is 11.6 Å². The van der Waals surface area contributed by atoms with E-state index in [0.717, 1.165) is 22.2 Å². The maximum absolute atomic E-state index is 9.53. The van der Waals surface area contributed by atoms with Crippen molar-refractivity contribution in [3.05, 3.63) is 64.7 Å². The largest absolute Gasteiger partial charge is 0.506 e. The van der Waals surface area contributed by atoms with E-state index in [1.807, 2.05) is 28.8 Å². The quantitative estimate of drug-likeness (QED) is 0.788. The molecule has 0 fully saturated rings. The van der Waals surface area contributed by atoms with Crippen LogP contribution in [0.1, 0.15) is 11.4 Å². The summed E-state index contributed by atoms with van der Waals surface area (Å²) in [5.74, 6) is 1.16. The van der Waals surface area contributed by atoms with E-state index in [1.54, 1.807) is 12.3 Å². The fourth-order valence-corrected chi connectivity index (χ4v) is 2.44. The second-order valence-corrected chi connectivity index (χ2v) is 5.08. The number of imidazole rings is 1. The van der Waals surface area contributed by atoms with Crippen LogP contribution in [0.2, 0.25) is 0 Å². The molecule has 0 spiro atoms. The van der Waals surface area contributed by atoms with Crippen LogP contribution in [0.5, 0.6) is 5.75 Å². The highest BCUT2D eigenvalue weighted by molar-refractivity contribution is 9.10. The number of hydrogen-bond acceptors (Lipinski definition) is 2. The number of aromatic hydroxyl groups is 1. The topological polar surface area (TPSA) is 37.5 Å². The van der Waals surface area contributed by atoms with Gasteiger partial charge >= 0.3 is 0 Å². The number of hydrogen-bond donors (Lipinski definition) is 1. The molecule has 0 aliphatic carbocycles. The molecule has 0 unspecified atom stereocenters. The summed E-state index contributed by atoms with van der Waals surface area (Å²) in [6.45, 7) is 0. The number of rotatable bonds is 2. The first kappa shape index (κ1) is 11.3. The van der Waals surface area contributed by atoms with Crippen LogP contribution in [0, 0.1) is 0 Å². The second kappa shape index (κ2) is 4.46. The summed E-state index contributed by atoms with van der Waals surface area (Å²) in [6, 6.07) is 11.7. The van der Waals surface area contributed by atoms with Crippen LogP contribution in [0.15, 0.2) is 53.3 Å². The number of nitrogens with zero attached hydrogens (tertiary/aromatic N) is 2. The van der Waals surface area contributed by atoms with Crippen LogP contribution < -0.4 is 0 Å². The van der Waals surface area contributed by atoms with Crippen molar-refractivity contribution in [2.24, 2.45) is 0 Å². The van der Waals surface area contributed by atoms with Gasteiger partial charge in [-0.1, -0.05) is 28.1 Å². The van der Waals surface area contributed by atoms with Crippen LogP contribution in [0.25, 0.3) is 5.52 Å². The minimum Gasteiger partial charge on any atom is -0.506 e. The molecule has 3 rings (SSSR count). The van der Waals surface area contributed by atoms with Crippen molar-refractivity contribution in [1.29, 1.82) is 0 Å². The number of halogens is 1. The zero-order valence-corrected chi connectivity index (χ0v) is 11.1. The van der Waals surface area contributed by atoms with Crippen molar-refractivity contribution in [2.45, 2.75) is 6.42 Å². The molecule has 3 aromatic rings. The lowest BCUT2D eigenvalue weighted by Crippen LogP contribution is -1.96. The van der Waals surface area contributed by atoms with E-state index in [-0.39, 0.29) is 5.75 Å². The summed E-state index contributed by atoms with van der Waals surface area (Å²) in [7, 11) is 0. The summed E-state index contributed by atoms with van der Waals surface area (Å²) in [4.78, 5) is 4.40. The summed E-state index contributed by atoms with van der Waals surface area (Å²) in [5.41, 5.74) is 2.16. The van der Waals surface area contributed by atoms with E-state index >= 15 is 0 Å². The van der Waals surface area contributed by atoms with Gasteiger partial charge < -0.3 is 5.11 Å². The van der Waals surface area contributed by atoms with Crippen LogP contribution in [0.3, 0.4) is 0 Å². The average molecular weight is 303 g/mol. The molecule has 0 amide bonds. The van der Waals surface area contributed by atoms with Gasteiger partial charge in [0.25, 0.3) is 0 Å². The molecule has 1 aromatic carbocycles. The Kier molecular flexibility index (Phi) is 2.80. The van der Waals surface area contributed by atoms with Gasteiger partial charge in [-0.05, 0) is 29.8 Å². The minimum absolute atomic E-state index is 0.246. The predicted octanol–water partition coefficient (Wildman–Crippen LogP) is 3.39. The molecule has 0 aliphatic rings. The number of aromatic nitrogens is 2. The van der Waals surface area contributed by atoms with Crippen LogP contribution in [0.4, 0.5) is 0 Å². The second-order valence-electron chi connectivity index (χ2n) is 4.16. The van der Waals surface area contributed by atoms with Gasteiger partial charge in [-0.15, -0.1) is 0 Å². The van der Waals surface area contributed by atoms with Crippen molar-refractivity contribution < 1.29 is 5.11 Å². The van der Waals surface area contributed by atoms with Crippen molar-refractivity contribution in [3.8, 4) is 5.75 Å². The van der Waals surface area contributed by atoms with Crippen LogP contribution in [-0.4, -0.2) is 14.5 Å². The van der Waals surface area contributed by atoms with Crippen molar-refractivity contribution in [2.75, 3.05) is 0 Å². The lowest BCUT2D eigenvalue weighted by atomic mass is 10.1. The lowest BCUT2D eigenvalue weighted by molar-refractivity contribution is 0.471. The minimum atomic E-state index is 0.246. The first-order valence-electron chi connectivity index (χ1n) is 5.62. The molecular formula is C14H11BrN2O. The van der Waals surface area contributed by atoms with E-state index in [9.17, 15) is 5.11 Å².